The molecule has 0 heterocycles. The van der Waals surface area contributed by atoms with Gasteiger partial charge < -0.3 is 10.1 Å². The van der Waals surface area contributed by atoms with Crippen molar-refractivity contribution in [3.63, 3.8) is 0 Å². The van der Waals surface area contributed by atoms with E-state index in [2.05, 4.69) is 16.2 Å². The third kappa shape index (κ3) is 4.33. The molecule has 0 aliphatic carbocycles. The number of methoxy groups -OCH3 is 1. The number of rotatable bonds is 4. The smallest absolute Gasteiger partial charge is 0.273 e. The zero-order valence-corrected chi connectivity index (χ0v) is 13.3. The summed E-state index contributed by atoms with van der Waals surface area (Å²) in [7, 11) is 1.46. The maximum Gasteiger partial charge on any atom is 0.273 e. The lowest BCUT2D eigenvalue weighted by Crippen LogP contribution is -2.41. The zero-order chi connectivity index (χ0) is 17.5. The van der Waals surface area contributed by atoms with Gasteiger partial charge in [-0.15, -0.1) is 0 Å². The van der Waals surface area contributed by atoms with Crippen LogP contribution >= 0.6 is 0 Å². The van der Waals surface area contributed by atoms with Crippen LogP contribution < -0.4 is 20.9 Å². The molecular formula is C17H17N3O4. The minimum Gasteiger partial charge on any atom is -0.496 e. The highest BCUT2D eigenvalue weighted by Gasteiger charge is 2.13. The van der Waals surface area contributed by atoms with E-state index in [9.17, 15) is 14.4 Å². The molecule has 2 rings (SSSR count). The van der Waals surface area contributed by atoms with Crippen molar-refractivity contribution >= 4 is 23.4 Å². The fourth-order valence-corrected chi connectivity index (χ4v) is 1.99. The minimum absolute atomic E-state index is 0.198. The molecule has 7 nitrogen and oxygen atoms in total. The lowest BCUT2D eigenvalue weighted by molar-refractivity contribution is -0.114. The van der Waals surface area contributed by atoms with Gasteiger partial charge in [-0.25, -0.2) is 0 Å². The number of hydrogen-bond acceptors (Lipinski definition) is 4. The van der Waals surface area contributed by atoms with Crippen LogP contribution in [0.1, 0.15) is 27.6 Å². The molecule has 0 unspecified atom stereocenters. The molecule has 3 amide bonds. The summed E-state index contributed by atoms with van der Waals surface area (Å²) in [5.74, 6) is -0.761. The van der Waals surface area contributed by atoms with Gasteiger partial charge >= 0.3 is 0 Å². The van der Waals surface area contributed by atoms with E-state index in [-0.39, 0.29) is 5.91 Å². The summed E-state index contributed by atoms with van der Waals surface area (Å²) in [5, 5.41) is 2.60. The average molecular weight is 327 g/mol. The molecule has 0 fully saturated rings. The Balaban J connectivity index is 1.97. The molecule has 0 atom stereocenters. The summed E-state index contributed by atoms with van der Waals surface area (Å²) in [6, 6.07) is 12.9. The number of hydrogen-bond donors (Lipinski definition) is 3. The summed E-state index contributed by atoms with van der Waals surface area (Å²) >= 11 is 0. The predicted molar refractivity (Wildman–Crippen MR) is 88.7 cm³/mol. The Kier molecular flexibility index (Phi) is 5.51. The van der Waals surface area contributed by atoms with Gasteiger partial charge in [-0.1, -0.05) is 12.1 Å². The van der Waals surface area contributed by atoms with E-state index >= 15 is 0 Å². The maximum absolute atomic E-state index is 12.1. The SMILES string of the molecule is COc1ccccc1C(=O)NNC(=O)c1ccc(NC(C)=O)cc1. The van der Waals surface area contributed by atoms with Crippen molar-refractivity contribution in [1.82, 2.24) is 10.9 Å². The van der Waals surface area contributed by atoms with Crippen molar-refractivity contribution in [3.05, 3.63) is 59.7 Å². The van der Waals surface area contributed by atoms with E-state index in [0.29, 0.717) is 22.6 Å². The molecule has 0 spiro atoms. The third-order valence-electron chi connectivity index (χ3n) is 3.11. The summed E-state index contributed by atoms with van der Waals surface area (Å²) in [6.45, 7) is 1.40. The van der Waals surface area contributed by atoms with Crippen molar-refractivity contribution in [1.29, 1.82) is 0 Å². The number of nitrogens with one attached hydrogen (secondary N) is 3. The molecule has 0 saturated carbocycles. The van der Waals surface area contributed by atoms with E-state index in [0.717, 1.165) is 0 Å². The molecule has 0 saturated heterocycles. The number of anilines is 1. The Hall–Kier alpha value is -3.35. The van der Waals surface area contributed by atoms with Gasteiger partial charge in [0.05, 0.1) is 12.7 Å². The van der Waals surface area contributed by atoms with Crippen LogP contribution in [0.4, 0.5) is 5.69 Å². The topological polar surface area (TPSA) is 96.5 Å². The van der Waals surface area contributed by atoms with Crippen LogP contribution in [-0.4, -0.2) is 24.8 Å². The Morgan fingerprint density at radius 3 is 2.12 bits per heavy atom. The Bertz CT molecular complexity index is 757. The normalized spacial score (nSPS) is 9.75. The first-order chi connectivity index (χ1) is 11.5. The van der Waals surface area contributed by atoms with E-state index in [1.54, 1.807) is 36.4 Å². The Labute approximate surface area is 139 Å². The van der Waals surface area contributed by atoms with Gasteiger partial charge in [0, 0.05) is 18.2 Å². The highest BCUT2D eigenvalue weighted by Crippen LogP contribution is 2.16. The Morgan fingerprint density at radius 1 is 0.875 bits per heavy atom. The first-order valence-corrected chi connectivity index (χ1v) is 7.12. The minimum atomic E-state index is -0.490. The number of carbonyl (C=O) groups is 3. The van der Waals surface area contributed by atoms with Gasteiger partial charge in [0.15, 0.2) is 0 Å². The van der Waals surface area contributed by atoms with Gasteiger partial charge in [0.25, 0.3) is 11.8 Å². The fraction of sp³-hybridized carbons (Fsp3) is 0.118. The monoisotopic (exact) mass is 327 g/mol. The van der Waals surface area contributed by atoms with E-state index in [1.807, 2.05) is 0 Å². The molecule has 3 N–H and O–H groups in total. The molecule has 7 heteroatoms. The van der Waals surface area contributed by atoms with Crippen LogP contribution in [0.2, 0.25) is 0 Å². The van der Waals surface area contributed by atoms with E-state index in [1.165, 1.54) is 26.2 Å². The number of para-hydroxylation sites is 1. The van der Waals surface area contributed by atoms with Gasteiger partial charge in [-0.3, -0.25) is 25.2 Å². The molecule has 2 aromatic rings. The number of hydrazine groups is 1. The summed E-state index contributed by atoms with van der Waals surface area (Å²) in [6.07, 6.45) is 0. The van der Waals surface area contributed by atoms with Crippen molar-refractivity contribution in [3.8, 4) is 5.75 Å². The van der Waals surface area contributed by atoms with Crippen LogP contribution in [0, 0.1) is 0 Å². The molecule has 0 bridgehead atoms. The molecule has 24 heavy (non-hydrogen) atoms. The van der Waals surface area contributed by atoms with Crippen molar-refractivity contribution in [2.24, 2.45) is 0 Å². The van der Waals surface area contributed by atoms with Gasteiger partial charge in [-0.05, 0) is 36.4 Å². The number of carbonyl (C=O) groups excluding carboxylic acids is 3. The second-order valence-electron chi connectivity index (χ2n) is 4.87. The third-order valence-corrected chi connectivity index (χ3v) is 3.11. The van der Waals surface area contributed by atoms with Crippen molar-refractivity contribution < 1.29 is 19.1 Å². The van der Waals surface area contributed by atoms with E-state index < -0.39 is 11.8 Å². The first kappa shape index (κ1) is 17.0. The fourth-order valence-electron chi connectivity index (χ4n) is 1.99. The molecular weight excluding hydrogens is 310 g/mol. The van der Waals surface area contributed by atoms with Crippen molar-refractivity contribution in [2.45, 2.75) is 6.92 Å². The van der Waals surface area contributed by atoms with Crippen LogP contribution in [0.25, 0.3) is 0 Å². The molecule has 2 aromatic carbocycles. The molecule has 0 aliphatic rings. The lowest BCUT2D eigenvalue weighted by atomic mass is 10.2. The highest BCUT2D eigenvalue weighted by molar-refractivity contribution is 6.00. The number of amides is 3. The van der Waals surface area contributed by atoms with Gasteiger partial charge in [-0.2, -0.15) is 0 Å². The lowest BCUT2D eigenvalue weighted by Gasteiger charge is -2.10. The van der Waals surface area contributed by atoms with E-state index in [4.69, 9.17) is 4.74 Å². The molecule has 0 aromatic heterocycles. The van der Waals surface area contributed by atoms with Crippen LogP contribution in [-0.2, 0) is 4.79 Å². The summed E-state index contributed by atoms with van der Waals surface area (Å²) in [4.78, 5) is 35.1. The van der Waals surface area contributed by atoms with Crippen LogP contribution in [0.5, 0.6) is 5.75 Å². The van der Waals surface area contributed by atoms with Crippen LogP contribution in [0.15, 0.2) is 48.5 Å². The summed E-state index contributed by atoms with van der Waals surface area (Å²) < 4.78 is 5.09. The molecule has 124 valence electrons. The Morgan fingerprint density at radius 2 is 1.50 bits per heavy atom. The predicted octanol–water partition coefficient (Wildman–Crippen LogP) is 1.73. The zero-order valence-electron chi connectivity index (χ0n) is 13.3. The average Bonchev–Trinajstić information content (AvgIpc) is 2.59. The molecule has 0 aliphatic heterocycles. The van der Waals surface area contributed by atoms with Gasteiger partial charge in [0.2, 0.25) is 5.91 Å². The largest absolute Gasteiger partial charge is 0.496 e. The van der Waals surface area contributed by atoms with Gasteiger partial charge in [0.1, 0.15) is 5.75 Å². The quantitative estimate of drug-likeness (QED) is 0.745. The maximum atomic E-state index is 12.1. The second kappa shape index (κ2) is 7.77. The second-order valence-corrected chi connectivity index (χ2v) is 4.87. The molecule has 0 radical (unpaired) electrons. The highest BCUT2D eigenvalue weighted by atomic mass is 16.5. The number of benzene rings is 2. The van der Waals surface area contributed by atoms with Crippen molar-refractivity contribution in [2.75, 3.05) is 12.4 Å². The first-order valence-electron chi connectivity index (χ1n) is 7.12. The standard InChI is InChI=1S/C17H17N3O4/c1-11(21)18-13-9-7-12(8-10-13)16(22)19-20-17(23)14-5-3-4-6-15(14)24-2/h3-10H,1-2H3,(H,18,21)(H,19,22)(H,20,23). The number of ether oxygens (including phenoxy) is 1. The van der Waals surface area contributed by atoms with Crippen LogP contribution in [0.3, 0.4) is 0 Å². The summed E-state index contributed by atoms with van der Waals surface area (Å²) in [5.41, 5.74) is 5.88.